The normalized spacial score (nSPS) is 11.6. The molecule has 186 valence electrons. The molecule has 1 aromatic carbocycles. The molecule has 0 atom stereocenters. The summed E-state index contributed by atoms with van der Waals surface area (Å²) in [6.45, 7) is 0. The van der Waals surface area contributed by atoms with Crippen molar-refractivity contribution in [1.82, 2.24) is 34.7 Å². The number of nitrogens with one attached hydrogen (secondary N) is 1. The number of primary amides is 1. The quantitative estimate of drug-likeness (QED) is 0.356. The van der Waals surface area contributed by atoms with Crippen LogP contribution in [-0.4, -0.2) is 46.6 Å². The number of carbonyl (C=O) groups is 2. The number of nitrogens with zero attached hydrogens (tertiary/aromatic N) is 7. The molecule has 15 heteroatoms. The number of benzene rings is 1. The van der Waals surface area contributed by atoms with Crippen LogP contribution >= 0.6 is 11.6 Å². The largest absolute Gasteiger partial charge is 0.434 e. The molecule has 2 amide bonds. The van der Waals surface area contributed by atoms with Crippen LogP contribution in [0.5, 0.6) is 0 Å². The molecular formula is C22H13ClF3N9O2. The van der Waals surface area contributed by atoms with Crippen molar-refractivity contribution in [3.05, 3.63) is 83.3 Å². The van der Waals surface area contributed by atoms with Crippen LogP contribution in [0.25, 0.3) is 22.3 Å². The molecule has 0 saturated carbocycles. The monoisotopic (exact) mass is 527 g/mol. The zero-order valence-electron chi connectivity index (χ0n) is 18.3. The fraction of sp³-hybridized carbons (Fsp3) is 0.0455. The Hall–Kier alpha value is -4.85. The number of hydrogen-bond acceptors (Lipinski definition) is 7. The van der Waals surface area contributed by atoms with Crippen LogP contribution in [0.1, 0.15) is 26.5 Å². The van der Waals surface area contributed by atoms with E-state index in [4.69, 9.17) is 17.3 Å². The Morgan fingerprint density at radius 1 is 0.973 bits per heavy atom. The summed E-state index contributed by atoms with van der Waals surface area (Å²) in [5.41, 5.74) is 3.06. The van der Waals surface area contributed by atoms with Crippen LogP contribution in [-0.2, 0) is 6.18 Å². The molecule has 0 fully saturated rings. The van der Waals surface area contributed by atoms with E-state index in [1.165, 1.54) is 36.8 Å². The van der Waals surface area contributed by atoms with Crippen molar-refractivity contribution in [3.8, 4) is 11.5 Å². The van der Waals surface area contributed by atoms with Crippen molar-refractivity contribution in [2.45, 2.75) is 6.18 Å². The number of anilines is 1. The lowest BCUT2D eigenvalue weighted by Crippen LogP contribution is -2.21. The van der Waals surface area contributed by atoms with Crippen LogP contribution in [0.3, 0.4) is 0 Å². The first kappa shape index (κ1) is 23.9. The average Bonchev–Trinajstić information content (AvgIpc) is 3.54. The van der Waals surface area contributed by atoms with Gasteiger partial charge >= 0.3 is 6.18 Å². The standard InChI is InChI=1S/C22H13ClF3N9O2/c23-15-7-11(8-29-20(15)35-30-5-6-31-35)33-21(37)14-9-32-34(18(14)22(24,25)26)16-10-28-17(19(27)36)13-4-2-1-3-12(13)16/h1-10H,(H2,27,36)(H,33,37). The highest BCUT2D eigenvalue weighted by molar-refractivity contribution is 6.32. The van der Waals surface area contributed by atoms with Crippen LogP contribution < -0.4 is 11.1 Å². The van der Waals surface area contributed by atoms with E-state index in [1.807, 2.05) is 0 Å². The number of nitrogens with two attached hydrogens (primary N) is 1. The number of rotatable bonds is 5. The van der Waals surface area contributed by atoms with Gasteiger partial charge in [0, 0.05) is 10.8 Å². The van der Waals surface area contributed by atoms with Crippen LogP contribution in [0.2, 0.25) is 5.02 Å². The van der Waals surface area contributed by atoms with E-state index in [-0.39, 0.29) is 38.7 Å². The first-order valence-corrected chi connectivity index (χ1v) is 10.7. The Bertz CT molecular complexity index is 1670. The summed E-state index contributed by atoms with van der Waals surface area (Å²) < 4.78 is 43.2. The highest BCUT2D eigenvalue weighted by atomic mass is 35.5. The van der Waals surface area contributed by atoms with Crippen molar-refractivity contribution in [2.75, 3.05) is 5.32 Å². The summed E-state index contributed by atoms with van der Waals surface area (Å²) >= 11 is 6.18. The second kappa shape index (κ2) is 8.98. The van der Waals surface area contributed by atoms with Crippen molar-refractivity contribution >= 4 is 39.9 Å². The van der Waals surface area contributed by atoms with Gasteiger partial charge in [0.2, 0.25) is 0 Å². The van der Waals surface area contributed by atoms with Crippen molar-refractivity contribution in [3.63, 3.8) is 0 Å². The number of fused-ring (bicyclic) bond motifs is 1. The van der Waals surface area contributed by atoms with Crippen molar-refractivity contribution < 1.29 is 22.8 Å². The number of halogens is 4. The molecule has 4 aromatic heterocycles. The van der Waals surface area contributed by atoms with E-state index < -0.39 is 29.2 Å². The molecule has 4 heterocycles. The van der Waals surface area contributed by atoms with E-state index in [9.17, 15) is 22.8 Å². The Morgan fingerprint density at radius 2 is 1.68 bits per heavy atom. The molecule has 0 bridgehead atoms. The summed E-state index contributed by atoms with van der Waals surface area (Å²) in [5.74, 6) is -1.79. The van der Waals surface area contributed by atoms with Crippen LogP contribution in [0, 0.1) is 0 Å². The Balaban J connectivity index is 1.56. The predicted octanol–water partition coefficient (Wildman–Crippen LogP) is 3.42. The van der Waals surface area contributed by atoms with E-state index >= 15 is 0 Å². The zero-order chi connectivity index (χ0) is 26.3. The molecular weight excluding hydrogens is 515 g/mol. The molecule has 0 saturated heterocycles. The summed E-state index contributed by atoms with van der Waals surface area (Å²) in [7, 11) is 0. The van der Waals surface area contributed by atoms with Gasteiger partial charge in [0.05, 0.1) is 52.9 Å². The van der Waals surface area contributed by atoms with Crippen molar-refractivity contribution in [1.29, 1.82) is 0 Å². The summed E-state index contributed by atoms with van der Waals surface area (Å²) in [6, 6.07) is 7.43. The Morgan fingerprint density at radius 3 is 2.32 bits per heavy atom. The fourth-order valence-electron chi connectivity index (χ4n) is 3.68. The minimum atomic E-state index is -4.99. The Kier molecular flexibility index (Phi) is 5.79. The first-order chi connectivity index (χ1) is 17.6. The number of alkyl halides is 3. The summed E-state index contributed by atoms with van der Waals surface area (Å²) in [6.07, 6.45) is 0.844. The highest BCUT2D eigenvalue weighted by Gasteiger charge is 2.41. The average molecular weight is 528 g/mol. The molecule has 5 rings (SSSR count). The third kappa shape index (κ3) is 4.33. The second-order valence-electron chi connectivity index (χ2n) is 7.52. The maximum atomic E-state index is 14.2. The van der Waals surface area contributed by atoms with Crippen molar-refractivity contribution in [2.24, 2.45) is 5.73 Å². The van der Waals surface area contributed by atoms with Gasteiger partial charge in [0.25, 0.3) is 11.8 Å². The molecule has 5 aromatic rings. The molecule has 0 aliphatic carbocycles. The lowest BCUT2D eigenvalue weighted by molar-refractivity contribution is -0.143. The third-order valence-corrected chi connectivity index (χ3v) is 5.48. The number of carbonyl (C=O) groups excluding carboxylic acids is 2. The van der Waals surface area contributed by atoms with Crippen LogP contribution in [0.15, 0.2) is 61.3 Å². The molecule has 0 aliphatic rings. The molecule has 37 heavy (non-hydrogen) atoms. The number of amides is 2. The van der Waals surface area contributed by atoms with Gasteiger partial charge in [-0.15, -0.1) is 4.80 Å². The molecule has 0 radical (unpaired) electrons. The van der Waals surface area contributed by atoms with Gasteiger partial charge in [0.15, 0.2) is 11.5 Å². The van der Waals surface area contributed by atoms with Gasteiger partial charge in [-0.1, -0.05) is 35.9 Å². The van der Waals surface area contributed by atoms with Gasteiger partial charge in [0.1, 0.15) is 5.69 Å². The van der Waals surface area contributed by atoms with Gasteiger partial charge in [-0.2, -0.15) is 28.5 Å². The first-order valence-electron chi connectivity index (χ1n) is 10.3. The fourth-order valence-corrected chi connectivity index (χ4v) is 3.92. The number of pyridine rings is 2. The molecule has 0 aliphatic heterocycles. The summed E-state index contributed by atoms with van der Waals surface area (Å²) in [5, 5.41) is 14.5. The lowest BCUT2D eigenvalue weighted by atomic mass is 10.1. The predicted molar refractivity (Wildman–Crippen MR) is 125 cm³/mol. The Labute approximate surface area is 209 Å². The molecule has 3 N–H and O–H groups in total. The van der Waals surface area contributed by atoms with Gasteiger partial charge in [-0.3, -0.25) is 9.59 Å². The lowest BCUT2D eigenvalue weighted by Gasteiger charge is -2.15. The second-order valence-corrected chi connectivity index (χ2v) is 7.93. The SMILES string of the molecule is NC(=O)c1ncc(-n2ncc(C(=O)Nc3cnc(-n4nccn4)c(Cl)c3)c2C(F)(F)F)c2ccccc12. The van der Waals surface area contributed by atoms with E-state index in [0.29, 0.717) is 4.68 Å². The maximum absolute atomic E-state index is 14.2. The maximum Gasteiger partial charge on any atom is 0.434 e. The molecule has 0 unspecified atom stereocenters. The van der Waals surface area contributed by atoms with E-state index in [1.54, 1.807) is 12.1 Å². The number of aromatic nitrogens is 7. The molecule has 0 spiro atoms. The highest BCUT2D eigenvalue weighted by Crippen LogP contribution is 2.36. The number of hydrogen-bond donors (Lipinski definition) is 2. The zero-order valence-corrected chi connectivity index (χ0v) is 19.1. The summed E-state index contributed by atoms with van der Waals surface area (Å²) in [4.78, 5) is 33.8. The third-order valence-electron chi connectivity index (χ3n) is 5.21. The van der Waals surface area contributed by atoms with Gasteiger partial charge in [-0.05, 0) is 6.07 Å². The van der Waals surface area contributed by atoms with Gasteiger partial charge < -0.3 is 11.1 Å². The minimum Gasteiger partial charge on any atom is -0.364 e. The van der Waals surface area contributed by atoms with Crippen LogP contribution in [0.4, 0.5) is 18.9 Å². The minimum absolute atomic E-state index is 0.0321. The topological polar surface area (TPSA) is 146 Å². The van der Waals surface area contributed by atoms with E-state index in [2.05, 4.69) is 30.6 Å². The molecule has 11 nitrogen and oxygen atoms in total. The van der Waals surface area contributed by atoms with E-state index in [0.717, 1.165) is 17.2 Å². The van der Waals surface area contributed by atoms with Gasteiger partial charge in [-0.25, -0.2) is 14.6 Å². The smallest absolute Gasteiger partial charge is 0.364 e.